The molecule has 0 amide bonds. The molecule has 1 N–H and O–H groups in total. The molecule has 1 aliphatic heterocycles. The average molecular weight is 276 g/mol. The van der Waals surface area contributed by atoms with E-state index in [-0.39, 0.29) is 5.41 Å². The summed E-state index contributed by atoms with van der Waals surface area (Å²) in [4.78, 5) is 4.58. The van der Waals surface area contributed by atoms with E-state index < -0.39 is 0 Å². The van der Waals surface area contributed by atoms with Gasteiger partial charge in [0, 0.05) is 35.9 Å². The Bertz CT molecular complexity index is 603. The molecule has 0 fully saturated rings. The molecule has 2 aromatic rings. The minimum absolute atomic E-state index is 0.0701. The van der Waals surface area contributed by atoms with Gasteiger partial charge in [0.1, 0.15) is 0 Å². The molecule has 0 bridgehead atoms. The molecule has 19 heavy (non-hydrogen) atoms. The highest BCUT2D eigenvalue weighted by Crippen LogP contribution is 2.31. The molecule has 0 saturated carbocycles. The zero-order valence-electron chi connectivity index (χ0n) is 11.9. The van der Waals surface area contributed by atoms with Crippen molar-refractivity contribution in [3.05, 3.63) is 28.0 Å². The number of aryl methyl sites for hydroxylation is 1. The lowest BCUT2D eigenvalue weighted by molar-refractivity contribution is 0.548. The van der Waals surface area contributed by atoms with Crippen LogP contribution in [-0.2, 0) is 18.4 Å². The minimum atomic E-state index is 0.0701. The standard InChI is InChI=1S/C14H20N4S/c1-9-8-19-13(16-9)18-11-5-6-15-7-10(11)12(17-18)14(2,3)4/h8,15H,5-7H2,1-4H3. The van der Waals surface area contributed by atoms with Crippen LogP contribution in [0.15, 0.2) is 5.38 Å². The Morgan fingerprint density at radius 3 is 2.79 bits per heavy atom. The quantitative estimate of drug-likeness (QED) is 0.870. The average Bonchev–Trinajstić information content (AvgIpc) is 2.91. The predicted molar refractivity (Wildman–Crippen MR) is 78.1 cm³/mol. The van der Waals surface area contributed by atoms with Gasteiger partial charge in [0.25, 0.3) is 0 Å². The third-order valence-electron chi connectivity index (χ3n) is 3.43. The summed E-state index contributed by atoms with van der Waals surface area (Å²) in [5.74, 6) is 0. The highest BCUT2D eigenvalue weighted by atomic mass is 32.1. The van der Waals surface area contributed by atoms with Gasteiger partial charge in [-0.05, 0) is 6.92 Å². The normalized spacial score (nSPS) is 15.6. The van der Waals surface area contributed by atoms with Gasteiger partial charge in [0.2, 0.25) is 5.13 Å². The maximum atomic E-state index is 4.87. The van der Waals surface area contributed by atoms with Crippen LogP contribution in [0.1, 0.15) is 43.4 Å². The van der Waals surface area contributed by atoms with Crippen LogP contribution in [0.5, 0.6) is 0 Å². The molecule has 3 heterocycles. The van der Waals surface area contributed by atoms with Crippen molar-refractivity contribution in [1.82, 2.24) is 20.1 Å². The van der Waals surface area contributed by atoms with E-state index in [9.17, 15) is 0 Å². The van der Waals surface area contributed by atoms with Crippen LogP contribution in [0.25, 0.3) is 5.13 Å². The van der Waals surface area contributed by atoms with E-state index in [1.807, 2.05) is 6.92 Å². The van der Waals surface area contributed by atoms with E-state index in [1.165, 1.54) is 17.0 Å². The number of hydrogen-bond donors (Lipinski definition) is 1. The smallest absolute Gasteiger partial charge is 0.210 e. The Morgan fingerprint density at radius 2 is 2.16 bits per heavy atom. The van der Waals surface area contributed by atoms with Crippen LogP contribution in [0.3, 0.4) is 0 Å². The second-order valence-electron chi connectivity index (χ2n) is 6.13. The lowest BCUT2D eigenvalue weighted by Gasteiger charge is -2.20. The molecule has 4 nitrogen and oxygen atoms in total. The molecule has 0 aromatic carbocycles. The zero-order valence-corrected chi connectivity index (χ0v) is 12.8. The summed E-state index contributed by atoms with van der Waals surface area (Å²) in [6.45, 7) is 10.6. The molecular weight excluding hydrogens is 256 g/mol. The lowest BCUT2D eigenvalue weighted by Crippen LogP contribution is -2.26. The first-order chi connectivity index (χ1) is 8.97. The molecule has 2 aromatic heterocycles. The third kappa shape index (κ3) is 2.21. The molecule has 5 heteroatoms. The Hall–Kier alpha value is -1.20. The summed E-state index contributed by atoms with van der Waals surface area (Å²) in [6.07, 6.45) is 1.02. The highest BCUT2D eigenvalue weighted by molar-refractivity contribution is 7.12. The Morgan fingerprint density at radius 1 is 1.37 bits per heavy atom. The molecule has 102 valence electrons. The fourth-order valence-electron chi connectivity index (χ4n) is 2.55. The zero-order chi connectivity index (χ0) is 13.6. The van der Waals surface area contributed by atoms with Gasteiger partial charge in [0.05, 0.1) is 17.1 Å². The van der Waals surface area contributed by atoms with Crippen LogP contribution in [0.4, 0.5) is 0 Å². The van der Waals surface area contributed by atoms with E-state index in [4.69, 9.17) is 5.10 Å². The van der Waals surface area contributed by atoms with Crippen molar-refractivity contribution in [3.8, 4) is 5.13 Å². The van der Waals surface area contributed by atoms with E-state index >= 15 is 0 Å². The van der Waals surface area contributed by atoms with E-state index in [0.717, 1.165) is 30.3 Å². The van der Waals surface area contributed by atoms with Crippen LogP contribution in [0.2, 0.25) is 0 Å². The Kier molecular flexibility index (Phi) is 2.98. The Labute approximate surface area is 117 Å². The molecule has 1 aliphatic rings. The Balaban J connectivity index is 2.18. The van der Waals surface area contributed by atoms with E-state index in [2.05, 4.69) is 41.1 Å². The van der Waals surface area contributed by atoms with Crippen molar-refractivity contribution in [2.24, 2.45) is 0 Å². The molecule has 0 atom stereocenters. The molecular formula is C14H20N4S. The van der Waals surface area contributed by atoms with Crippen molar-refractivity contribution in [2.75, 3.05) is 6.54 Å². The predicted octanol–water partition coefficient (Wildman–Crippen LogP) is 2.58. The van der Waals surface area contributed by atoms with Gasteiger partial charge in [0.15, 0.2) is 0 Å². The van der Waals surface area contributed by atoms with Crippen LogP contribution >= 0.6 is 11.3 Å². The molecule has 0 radical (unpaired) electrons. The first-order valence-corrected chi connectivity index (χ1v) is 7.59. The number of hydrogen-bond acceptors (Lipinski definition) is 4. The topological polar surface area (TPSA) is 42.7 Å². The van der Waals surface area contributed by atoms with Gasteiger partial charge in [-0.15, -0.1) is 11.3 Å². The van der Waals surface area contributed by atoms with Crippen molar-refractivity contribution in [2.45, 2.75) is 46.1 Å². The SMILES string of the molecule is Cc1csc(-n2nc(C(C)(C)C)c3c2CCNC3)n1. The van der Waals surface area contributed by atoms with Crippen molar-refractivity contribution in [1.29, 1.82) is 0 Å². The first-order valence-electron chi connectivity index (χ1n) is 6.71. The van der Waals surface area contributed by atoms with Crippen LogP contribution < -0.4 is 5.32 Å². The van der Waals surface area contributed by atoms with Crippen LogP contribution in [0, 0.1) is 6.92 Å². The van der Waals surface area contributed by atoms with Gasteiger partial charge in [-0.1, -0.05) is 20.8 Å². The van der Waals surface area contributed by atoms with Crippen molar-refractivity contribution < 1.29 is 0 Å². The number of thiazole rings is 1. The first kappa shape index (κ1) is 12.8. The largest absolute Gasteiger partial charge is 0.312 e. The summed E-state index contributed by atoms with van der Waals surface area (Å²) >= 11 is 1.67. The molecule has 0 saturated heterocycles. The number of nitrogens with zero attached hydrogens (tertiary/aromatic N) is 3. The van der Waals surface area contributed by atoms with E-state index in [0.29, 0.717) is 0 Å². The fraction of sp³-hybridized carbons (Fsp3) is 0.571. The second-order valence-corrected chi connectivity index (χ2v) is 6.97. The van der Waals surface area contributed by atoms with Gasteiger partial charge >= 0.3 is 0 Å². The maximum absolute atomic E-state index is 4.87. The van der Waals surface area contributed by atoms with Crippen molar-refractivity contribution in [3.63, 3.8) is 0 Å². The minimum Gasteiger partial charge on any atom is -0.312 e. The number of rotatable bonds is 1. The van der Waals surface area contributed by atoms with Gasteiger partial charge in [-0.3, -0.25) is 0 Å². The van der Waals surface area contributed by atoms with Gasteiger partial charge < -0.3 is 5.32 Å². The molecule has 3 rings (SSSR count). The van der Waals surface area contributed by atoms with Crippen LogP contribution in [-0.4, -0.2) is 21.3 Å². The fourth-order valence-corrected chi connectivity index (χ4v) is 3.32. The monoisotopic (exact) mass is 276 g/mol. The summed E-state index contributed by atoms with van der Waals surface area (Å²) < 4.78 is 2.06. The maximum Gasteiger partial charge on any atom is 0.210 e. The van der Waals surface area contributed by atoms with Crippen molar-refractivity contribution >= 4 is 11.3 Å². The molecule has 0 aliphatic carbocycles. The summed E-state index contributed by atoms with van der Waals surface area (Å²) in [6, 6.07) is 0. The third-order valence-corrected chi connectivity index (χ3v) is 4.36. The lowest BCUT2D eigenvalue weighted by atomic mass is 9.88. The summed E-state index contributed by atoms with van der Waals surface area (Å²) in [7, 11) is 0. The second kappa shape index (κ2) is 4.42. The summed E-state index contributed by atoms with van der Waals surface area (Å²) in [5, 5.41) is 11.4. The molecule has 0 spiro atoms. The highest BCUT2D eigenvalue weighted by Gasteiger charge is 2.28. The molecule has 0 unspecified atom stereocenters. The van der Waals surface area contributed by atoms with Gasteiger partial charge in [-0.25, -0.2) is 9.67 Å². The summed E-state index contributed by atoms with van der Waals surface area (Å²) in [5.41, 5.74) is 5.03. The van der Waals surface area contributed by atoms with E-state index in [1.54, 1.807) is 11.3 Å². The number of fused-ring (bicyclic) bond motifs is 1. The number of nitrogens with one attached hydrogen (secondary N) is 1. The number of aromatic nitrogens is 3. The van der Waals surface area contributed by atoms with Gasteiger partial charge in [-0.2, -0.15) is 5.10 Å².